The van der Waals surface area contributed by atoms with Crippen molar-refractivity contribution in [2.75, 3.05) is 6.54 Å². The topological polar surface area (TPSA) is 42.0 Å². The van der Waals surface area contributed by atoms with Crippen LogP contribution in [0.1, 0.15) is 15.4 Å². The standard InChI is InChI=1S/C12H11FN2OS/c13-10-4-2-1-3-9(10)12(16)15-6-5-11-14-7-8-17-11/h1-4,7-8H,5-6H2,(H,15,16). The molecule has 0 radical (unpaired) electrons. The first-order chi connectivity index (χ1) is 8.27. The van der Waals surface area contributed by atoms with Crippen molar-refractivity contribution < 1.29 is 9.18 Å². The SMILES string of the molecule is O=C(NCCc1nccs1)c1ccccc1F. The van der Waals surface area contributed by atoms with Gasteiger partial charge in [0.05, 0.1) is 10.6 Å². The van der Waals surface area contributed by atoms with Gasteiger partial charge in [-0.1, -0.05) is 12.1 Å². The van der Waals surface area contributed by atoms with Crippen LogP contribution in [0.3, 0.4) is 0 Å². The van der Waals surface area contributed by atoms with Gasteiger partial charge >= 0.3 is 0 Å². The van der Waals surface area contributed by atoms with Gasteiger partial charge in [0, 0.05) is 24.5 Å². The lowest BCUT2D eigenvalue weighted by atomic mass is 10.2. The summed E-state index contributed by atoms with van der Waals surface area (Å²) in [6.07, 6.45) is 2.39. The third-order valence-electron chi connectivity index (χ3n) is 2.23. The molecule has 0 bridgehead atoms. The van der Waals surface area contributed by atoms with Gasteiger partial charge in [-0.3, -0.25) is 4.79 Å². The number of amides is 1. The van der Waals surface area contributed by atoms with Gasteiger partial charge in [-0.2, -0.15) is 0 Å². The summed E-state index contributed by atoms with van der Waals surface area (Å²) in [6.45, 7) is 0.459. The second-order valence-corrected chi connectivity index (χ2v) is 4.39. The number of nitrogens with zero attached hydrogens (tertiary/aromatic N) is 1. The van der Waals surface area contributed by atoms with Crippen LogP contribution in [0.5, 0.6) is 0 Å². The molecule has 0 saturated carbocycles. The first kappa shape index (κ1) is 11.7. The summed E-state index contributed by atoms with van der Waals surface area (Å²) in [5.41, 5.74) is 0.0756. The fourth-order valence-electron chi connectivity index (χ4n) is 1.40. The van der Waals surface area contributed by atoms with Gasteiger partial charge in [0.25, 0.3) is 5.91 Å². The monoisotopic (exact) mass is 250 g/mol. The molecule has 1 aromatic heterocycles. The van der Waals surface area contributed by atoms with Gasteiger partial charge in [-0.25, -0.2) is 9.37 Å². The first-order valence-corrected chi connectivity index (χ1v) is 6.06. The molecule has 1 N–H and O–H groups in total. The number of halogens is 1. The van der Waals surface area contributed by atoms with Crippen LogP contribution in [-0.2, 0) is 6.42 Å². The van der Waals surface area contributed by atoms with Crippen molar-refractivity contribution in [1.82, 2.24) is 10.3 Å². The highest BCUT2D eigenvalue weighted by Gasteiger charge is 2.09. The molecule has 5 heteroatoms. The van der Waals surface area contributed by atoms with Crippen LogP contribution >= 0.6 is 11.3 Å². The third kappa shape index (κ3) is 3.10. The lowest BCUT2D eigenvalue weighted by molar-refractivity contribution is 0.0950. The van der Waals surface area contributed by atoms with E-state index < -0.39 is 5.82 Å². The largest absolute Gasteiger partial charge is 0.352 e. The van der Waals surface area contributed by atoms with Crippen LogP contribution in [0.2, 0.25) is 0 Å². The van der Waals surface area contributed by atoms with Crippen LogP contribution < -0.4 is 5.32 Å². The van der Waals surface area contributed by atoms with Crippen LogP contribution in [0.25, 0.3) is 0 Å². The molecule has 2 aromatic rings. The highest BCUT2D eigenvalue weighted by molar-refractivity contribution is 7.09. The fraction of sp³-hybridized carbons (Fsp3) is 0.167. The Morgan fingerprint density at radius 2 is 2.24 bits per heavy atom. The molecule has 0 saturated heterocycles. The Hall–Kier alpha value is -1.75. The maximum absolute atomic E-state index is 13.3. The Balaban J connectivity index is 1.88. The van der Waals surface area contributed by atoms with Crippen molar-refractivity contribution in [1.29, 1.82) is 0 Å². The van der Waals surface area contributed by atoms with Gasteiger partial charge in [-0.05, 0) is 12.1 Å². The minimum absolute atomic E-state index is 0.0756. The second-order valence-electron chi connectivity index (χ2n) is 3.41. The van der Waals surface area contributed by atoms with Crippen molar-refractivity contribution in [2.45, 2.75) is 6.42 Å². The van der Waals surface area contributed by atoms with E-state index >= 15 is 0 Å². The van der Waals surface area contributed by atoms with Crippen molar-refractivity contribution in [3.05, 3.63) is 52.2 Å². The Bertz CT molecular complexity index is 499. The maximum atomic E-state index is 13.3. The molecule has 3 nitrogen and oxygen atoms in total. The Morgan fingerprint density at radius 1 is 1.41 bits per heavy atom. The summed E-state index contributed by atoms with van der Waals surface area (Å²) < 4.78 is 13.3. The van der Waals surface area contributed by atoms with Crippen LogP contribution in [0.15, 0.2) is 35.8 Å². The van der Waals surface area contributed by atoms with Gasteiger partial charge in [-0.15, -0.1) is 11.3 Å². The van der Waals surface area contributed by atoms with Gasteiger partial charge < -0.3 is 5.32 Å². The highest BCUT2D eigenvalue weighted by atomic mass is 32.1. The summed E-state index contributed by atoms with van der Waals surface area (Å²) >= 11 is 1.54. The number of hydrogen-bond donors (Lipinski definition) is 1. The van der Waals surface area contributed by atoms with Crippen molar-refractivity contribution in [2.24, 2.45) is 0 Å². The van der Waals surface area contributed by atoms with Crippen LogP contribution in [0.4, 0.5) is 4.39 Å². The zero-order chi connectivity index (χ0) is 12.1. The molecule has 88 valence electrons. The van der Waals surface area contributed by atoms with Gasteiger partial charge in [0.2, 0.25) is 0 Å². The number of aromatic nitrogens is 1. The summed E-state index contributed by atoms with van der Waals surface area (Å²) in [7, 11) is 0. The molecule has 17 heavy (non-hydrogen) atoms. The van der Waals surface area contributed by atoms with E-state index in [4.69, 9.17) is 0 Å². The van der Waals surface area contributed by atoms with Gasteiger partial charge in [0.15, 0.2) is 0 Å². The fourth-order valence-corrected chi connectivity index (χ4v) is 2.02. The molecule has 2 rings (SSSR count). The molecule has 0 spiro atoms. The van der Waals surface area contributed by atoms with Crippen molar-refractivity contribution >= 4 is 17.2 Å². The number of rotatable bonds is 4. The van der Waals surface area contributed by atoms with E-state index in [1.54, 1.807) is 18.3 Å². The molecule has 1 heterocycles. The smallest absolute Gasteiger partial charge is 0.254 e. The Morgan fingerprint density at radius 3 is 2.94 bits per heavy atom. The van der Waals surface area contributed by atoms with Crippen LogP contribution in [0, 0.1) is 5.82 Å². The minimum atomic E-state index is -0.501. The predicted octanol–water partition coefficient (Wildman–Crippen LogP) is 2.25. The molecule has 1 aromatic carbocycles. The van der Waals surface area contributed by atoms with E-state index in [2.05, 4.69) is 10.3 Å². The van der Waals surface area contributed by atoms with Crippen molar-refractivity contribution in [3.63, 3.8) is 0 Å². The summed E-state index contributed by atoms with van der Waals surface area (Å²) in [4.78, 5) is 15.7. The number of hydrogen-bond acceptors (Lipinski definition) is 3. The summed E-state index contributed by atoms with van der Waals surface area (Å²) in [5.74, 6) is -0.890. The molecule has 0 fully saturated rings. The second kappa shape index (κ2) is 5.54. The number of nitrogens with one attached hydrogen (secondary N) is 1. The molecular weight excluding hydrogens is 239 g/mol. The molecule has 0 aliphatic carbocycles. The average Bonchev–Trinajstić information content (AvgIpc) is 2.82. The average molecular weight is 250 g/mol. The quantitative estimate of drug-likeness (QED) is 0.904. The minimum Gasteiger partial charge on any atom is -0.352 e. The van der Waals surface area contributed by atoms with Crippen molar-refractivity contribution in [3.8, 4) is 0 Å². The highest BCUT2D eigenvalue weighted by Crippen LogP contribution is 2.06. The number of carbonyl (C=O) groups excluding carboxylic acids is 1. The predicted molar refractivity (Wildman–Crippen MR) is 64.6 cm³/mol. The zero-order valence-electron chi connectivity index (χ0n) is 9.02. The molecule has 1 amide bonds. The number of benzene rings is 1. The molecule has 0 aliphatic heterocycles. The normalized spacial score (nSPS) is 10.2. The molecule has 0 unspecified atom stereocenters. The first-order valence-electron chi connectivity index (χ1n) is 5.18. The molecular formula is C12H11FN2OS. The Labute approximate surface area is 102 Å². The maximum Gasteiger partial charge on any atom is 0.254 e. The number of carbonyl (C=O) groups is 1. The molecule has 0 aliphatic rings. The zero-order valence-corrected chi connectivity index (χ0v) is 9.84. The summed E-state index contributed by atoms with van der Waals surface area (Å²) in [5, 5.41) is 5.51. The third-order valence-corrected chi connectivity index (χ3v) is 3.07. The van der Waals surface area contributed by atoms with Gasteiger partial charge in [0.1, 0.15) is 5.82 Å². The van der Waals surface area contributed by atoms with E-state index in [0.29, 0.717) is 13.0 Å². The number of thiazole rings is 1. The van der Waals surface area contributed by atoms with E-state index in [1.165, 1.54) is 23.5 Å². The van der Waals surface area contributed by atoms with E-state index in [-0.39, 0.29) is 11.5 Å². The lowest BCUT2D eigenvalue weighted by Gasteiger charge is -2.04. The van der Waals surface area contributed by atoms with E-state index in [9.17, 15) is 9.18 Å². The lowest BCUT2D eigenvalue weighted by Crippen LogP contribution is -2.26. The van der Waals surface area contributed by atoms with Crippen LogP contribution in [-0.4, -0.2) is 17.4 Å². The van der Waals surface area contributed by atoms with E-state index in [0.717, 1.165) is 5.01 Å². The van der Waals surface area contributed by atoms with E-state index in [1.807, 2.05) is 5.38 Å². The molecule has 0 atom stereocenters. The Kier molecular flexibility index (Phi) is 3.82. The summed E-state index contributed by atoms with van der Waals surface area (Å²) in [6, 6.07) is 5.93.